The third-order valence-electron chi connectivity index (χ3n) is 5.67. The molecule has 0 unspecified atom stereocenters. The van der Waals surface area contributed by atoms with Gasteiger partial charge in [-0.2, -0.15) is 0 Å². The van der Waals surface area contributed by atoms with Gasteiger partial charge in [0.1, 0.15) is 6.54 Å². The number of carbonyl (C=O) groups excluding carboxylic acids is 4. The first-order chi connectivity index (χ1) is 17.3. The molecule has 4 amide bonds. The van der Waals surface area contributed by atoms with Crippen molar-refractivity contribution in [1.82, 2.24) is 14.7 Å². The predicted octanol–water partition coefficient (Wildman–Crippen LogP) is 1.51. The van der Waals surface area contributed by atoms with Crippen LogP contribution in [0.25, 0.3) is 0 Å². The lowest BCUT2D eigenvalue weighted by molar-refractivity contribution is -0.145. The van der Waals surface area contributed by atoms with Gasteiger partial charge in [-0.1, -0.05) is 67.6 Å². The smallest absolute Gasteiger partial charge is 0.242 e. The van der Waals surface area contributed by atoms with Gasteiger partial charge in [-0.05, 0) is 30.5 Å². The predicted molar refractivity (Wildman–Crippen MR) is 138 cm³/mol. The fourth-order valence-electron chi connectivity index (χ4n) is 3.75. The van der Waals surface area contributed by atoms with E-state index in [-0.39, 0.29) is 44.4 Å². The van der Waals surface area contributed by atoms with Crippen LogP contribution in [0.4, 0.5) is 0 Å². The van der Waals surface area contributed by atoms with Crippen molar-refractivity contribution in [1.29, 1.82) is 0 Å². The highest BCUT2D eigenvalue weighted by atomic mass is 16.2. The number of carbonyl (C=O) groups is 4. The van der Waals surface area contributed by atoms with Crippen molar-refractivity contribution in [2.45, 2.75) is 39.3 Å². The zero-order chi connectivity index (χ0) is 26.3. The maximum Gasteiger partial charge on any atom is 0.242 e. The third-order valence-corrected chi connectivity index (χ3v) is 5.67. The van der Waals surface area contributed by atoms with Crippen molar-refractivity contribution < 1.29 is 19.2 Å². The third kappa shape index (κ3) is 9.87. The topological polar surface area (TPSA) is 130 Å². The minimum Gasteiger partial charge on any atom is -0.368 e. The Morgan fingerprint density at radius 3 is 1.61 bits per heavy atom. The number of primary amides is 1. The summed E-state index contributed by atoms with van der Waals surface area (Å²) in [4.78, 5) is 55.1. The SMILES string of the molecule is CCC(=O)N(CC(=O)N(CCCCN)CC(=O)N(CC(N)=O)Cc1ccccc1)Cc1ccccc1. The van der Waals surface area contributed by atoms with Crippen molar-refractivity contribution in [3.63, 3.8) is 0 Å². The Kier molecular flexibility index (Phi) is 12.1. The van der Waals surface area contributed by atoms with Gasteiger partial charge in [0, 0.05) is 26.1 Å². The molecule has 0 bridgehead atoms. The van der Waals surface area contributed by atoms with Crippen LogP contribution in [0.15, 0.2) is 60.7 Å². The van der Waals surface area contributed by atoms with Crippen LogP contribution < -0.4 is 11.5 Å². The van der Waals surface area contributed by atoms with Gasteiger partial charge in [0.25, 0.3) is 0 Å². The van der Waals surface area contributed by atoms with Crippen LogP contribution in [-0.4, -0.2) is 71.1 Å². The molecule has 0 aliphatic heterocycles. The van der Waals surface area contributed by atoms with Crippen LogP contribution in [0, 0.1) is 0 Å². The quantitative estimate of drug-likeness (QED) is 0.362. The summed E-state index contributed by atoms with van der Waals surface area (Å²) < 4.78 is 0. The van der Waals surface area contributed by atoms with Crippen molar-refractivity contribution in [3.05, 3.63) is 71.8 Å². The van der Waals surface area contributed by atoms with E-state index in [1.165, 1.54) is 14.7 Å². The second-order valence-electron chi connectivity index (χ2n) is 8.60. The van der Waals surface area contributed by atoms with Crippen LogP contribution in [0.5, 0.6) is 0 Å². The molecule has 2 aromatic carbocycles. The molecular formula is C27H37N5O4. The first-order valence-electron chi connectivity index (χ1n) is 12.2. The zero-order valence-corrected chi connectivity index (χ0v) is 21.0. The summed E-state index contributed by atoms with van der Waals surface area (Å²) in [7, 11) is 0. The summed E-state index contributed by atoms with van der Waals surface area (Å²) >= 11 is 0. The molecule has 194 valence electrons. The van der Waals surface area contributed by atoms with Gasteiger partial charge >= 0.3 is 0 Å². The summed E-state index contributed by atoms with van der Waals surface area (Å²) in [5.74, 6) is -1.52. The average Bonchev–Trinajstić information content (AvgIpc) is 2.87. The van der Waals surface area contributed by atoms with Crippen molar-refractivity contribution in [2.75, 3.05) is 32.7 Å². The fourth-order valence-corrected chi connectivity index (χ4v) is 3.75. The van der Waals surface area contributed by atoms with E-state index in [4.69, 9.17) is 11.5 Å². The van der Waals surface area contributed by atoms with Crippen molar-refractivity contribution in [2.24, 2.45) is 11.5 Å². The number of rotatable bonds is 15. The fraction of sp³-hybridized carbons (Fsp3) is 0.407. The molecular weight excluding hydrogens is 458 g/mol. The second-order valence-corrected chi connectivity index (χ2v) is 8.60. The second kappa shape index (κ2) is 15.3. The molecule has 0 saturated carbocycles. The molecule has 0 radical (unpaired) electrons. The van der Waals surface area contributed by atoms with Crippen molar-refractivity contribution >= 4 is 23.6 Å². The molecule has 4 N–H and O–H groups in total. The first-order valence-corrected chi connectivity index (χ1v) is 12.2. The van der Waals surface area contributed by atoms with Gasteiger partial charge < -0.3 is 26.2 Å². The number of unbranched alkanes of at least 4 members (excludes halogenated alkanes) is 1. The van der Waals surface area contributed by atoms with Crippen LogP contribution in [0.2, 0.25) is 0 Å². The summed E-state index contributed by atoms with van der Waals surface area (Å²) in [5.41, 5.74) is 12.8. The number of amides is 4. The standard InChI is InChI=1S/C27H37N5O4/c1-2-25(34)32(18-23-13-7-4-8-14-23)21-26(35)30(16-10-9-15-28)20-27(36)31(19-24(29)33)17-22-11-5-3-6-12-22/h3-8,11-14H,2,9-10,15-21,28H2,1H3,(H2,29,33). The largest absolute Gasteiger partial charge is 0.368 e. The molecule has 0 spiro atoms. The normalized spacial score (nSPS) is 10.5. The maximum absolute atomic E-state index is 13.3. The van der Waals surface area contributed by atoms with Crippen LogP contribution in [0.3, 0.4) is 0 Å². The van der Waals surface area contributed by atoms with Crippen LogP contribution in [0.1, 0.15) is 37.3 Å². The number of nitrogens with two attached hydrogens (primary N) is 2. The maximum atomic E-state index is 13.3. The molecule has 0 saturated heterocycles. The Hall–Kier alpha value is -3.72. The van der Waals surface area contributed by atoms with E-state index in [1.54, 1.807) is 6.92 Å². The number of hydrogen-bond acceptors (Lipinski definition) is 5. The van der Waals surface area contributed by atoms with Crippen LogP contribution in [-0.2, 0) is 32.3 Å². The summed E-state index contributed by atoms with van der Waals surface area (Å²) in [6.45, 7) is 2.40. The molecule has 2 rings (SSSR count). The monoisotopic (exact) mass is 495 g/mol. The van der Waals surface area contributed by atoms with Gasteiger partial charge in [0.2, 0.25) is 23.6 Å². The average molecular weight is 496 g/mol. The molecule has 9 nitrogen and oxygen atoms in total. The Labute approximate surface area is 213 Å². The lowest BCUT2D eigenvalue weighted by Gasteiger charge is -2.29. The van der Waals surface area contributed by atoms with E-state index in [2.05, 4.69) is 0 Å². The lowest BCUT2D eigenvalue weighted by Crippen LogP contribution is -2.48. The Morgan fingerprint density at radius 2 is 1.14 bits per heavy atom. The first kappa shape index (κ1) is 28.5. The van der Waals surface area contributed by atoms with E-state index in [0.717, 1.165) is 11.1 Å². The number of benzene rings is 2. The number of hydrogen-bond donors (Lipinski definition) is 2. The Balaban J connectivity index is 2.17. The highest BCUT2D eigenvalue weighted by molar-refractivity contribution is 5.90. The Bertz CT molecular complexity index is 984. The van der Waals surface area contributed by atoms with E-state index in [0.29, 0.717) is 32.5 Å². The Morgan fingerprint density at radius 1 is 0.667 bits per heavy atom. The molecule has 36 heavy (non-hydrogen) atoms. The highest BCUT2D eigenvalue weighted by Gasteiger charge is 2.25. The van der Waals surface area contributed by atoms with E-state index < -0.39 is 11.8 Å². The molecule has 0 heterocycles. The lowest BCUT2D eigenvalue weighted by atomic mass is 10.2. The van der Waals surface area contributed by atoms with Gasteiger partial charge in [-0.3, -0.25) is 19.2 Å². The minimum absolute atomic E-state index is 0.147. The summed E-state index contributed by atoms with van der Waals surface area (Å²) in [6.07, 6.45) is 1.56. The van der Waals surface area contributed by atoms with Gasteiger partial charge in [0.05, 0.1) is 13.1 Å². The molecule has 0 aliphatic rings. The molecule has 0 aromatic heterocycles. The summed E-state index contributed by atoms with van der Waals surface area (Å²) in [6, 6.07) is 18.7. The highest BCUT2D eigenvalue weighted by Crippen LogP contribution is 2.10. The van der Waals surface area contributed by atoms with E-state index in [9.17, 15) is 19.2 Å². The van der Waals surface area contributed by atoms with Crippen LogP contribution >= 0.6 is 0 Å². The molecule has 0 fully saturated rings. The molecule has 0 atom stereocenters. The van der Waals surface area contributed by atoms with E-state index in [1.807, 2.05) is 60.7 Å². The zero-order valence-electron chi connectivity index (χ0n) is 21.0. The minimum atomic E-state index is -0.636. The van der Waals surface area contributed by atoms with Gasteiger partial charge in [0.15, 0.2) is 0 Å². The van der Waals surface area contributed by atoms with E-state index >= 15 is 0 Å². The van der Waals surface area contributed by atoms with Gasteiger partial charge in [-0.15, -0.1) is 0 Å². The summed E-state index contributed by atoms with van der Waals surface area (Å²) in [5, 5.41) is 0. The van der Waals surface area contributed by atoms with Crippen molar-refractivity contribution in [3.8, 4) is 0 Å². The molecule has 0 aliphatic carbocycles. The van der Waals surface area contributed by atoms with Gasteiger partial charge in [-0.25, -0.2) is 0 Å². The molecule has 2 aromatic rings. The number of nitrogens with zero attached hydrogens (tertiary/aromatic N) is 3. The molecule has 9 heteroatoms.